The van der Waals surface area contributed by atoms with E-state index in [1.165, 1.54) is 5.56 Å². The molecule has 21 heavy (non-hydrogen) atoms. The van der Waals surface area contributed by atoms with Gasteiger partial charge in [0, 0.05) is 24.3 Å². The molecule has 0 atom stereocenters. The first kappa shape index (κ1) is 15.5. The molecule has 0 aromatic carbocycles. The van der Waals surface area contributed by atoms with Gasteiger partial charge < -0.3 is 9.88 Å². The summed E-state index contributed by atoms with van der Waals surface area (Å²) in [6.45, 7) is 12.5. The molecule has 0 aliphatic rings. The molecule has 0 unspecified atom stereocenters. The standard InChI is InChI=1S/C16H25N5/c1-6-8-18-16-14(11(3)4)12(5)19-15(20-16)13-9-17-10-21(13)7-2/h9-11H,6-8H2,1-5H3,(H,18,19,20). The molecule has 2 heterocycles. The fourth-order valence-corrected chi connectivity index (χ4v) is 2.52. The Hall–Kier alpha value is -1.91. The van der Waals surface area contributed by atoms with E-state index in [4.69, 9.17) is 9.97 Å². The first-order valence-electron chi connectivity index (χ1n) is 7.71. The van der Waals surface area contributed by atoms with Gasteiger partial charge in [-0.15, -0.1) is 0 Å². The van der Waals surface area contributed by atoms with E-state index in [0.717, 1.165) is 42.5 Å². The van der Waals surface area contributed by atoms with Crippen molar-refractivity contribution in [1.82, 2.24) is 19.5 Å². The van der Waals surface area contributed by atoms with Gasteiger partial charge in [-0.2, -0.15) is 0 Å². The summed E-state index contributed by atoms with van der Waals surface area (Å²) in [5.41, 5.74) is 3.21. The van der Waals surface area contributed by atoms with Crippen molar-refractivity contribution >= 4 is 5.82 Å². The molecule has 0 fully saturated rings. The molecule has 2 aromatic heterocycles. The predicted octanol–water partition coefficient (Wildman–Crippen LogP) is 3.61. The first-order chi connectivity index (χ1) is 10.1. The van der Waals surface area contributed by atoms with Crippen LogP contribution >= 0.6 is 0 Å². The van der Waals surface area contributed by atoms with Crippen molar-refractivity contribution in [3.8, 4) is 11.5 Å². The Morgan fingerprint density at radius 2 is 2.00 bits per heavy atom. The van der Waals surface area contributed by atoms with Crippen LogP contribution in [-0.4, -0.2) is 26.1 Å². The summed E-state index contributed by atoms with van der Waals surface area (Å²) in [6, 6.07) is 0. The average molecular weight is 287 g/mol. The molecule has 114 valence electrons. The number of anilines is 1. The maximum atomic E-state index is 4.76. The normalized spacial score (nSPS) is 11.1. The van der Waals surface area contributed by atoms with Crippen molar-refractivity contribution in [3.05, 3.63) is 23.8 Å². The molecule has 0 spiro atoms. The maximum Gasteiger partial charge on any atom is 0.180 e. The van der Waals surface area contributed by atoms with Gasteiger partial charge >= 0.3 is 0 Å². The molecule has 0 amide bonds. The molecular weight excluding hydrogens is 262 g/mol. The Labute approximate surface area is 126 Å². The second kappa shape index (κ2) is 6.70. The molecular formula is C16H25N5. The third-order valence-electron chi connectivity index (χ3n) is 3.54. The van der Waals surface area contributed by atoms with Crippen molar-refractivity contribution in [2.75, 3.05) is 11.9 Å². The third-order valence-corrected chi connectivity index (χ3v) is 3.54. The van der Waals surface area contributed by atoms with Crippen molar-refractivity contribution in [3.63, 3.8) is 0 Å². The van der Waals surface area contributed by atoms with E-state index in [2.05, 4.69) is 49.5 Å². The second-order valence-electron chi connectivity index (χ2n) is 5.54. The number of aryl methyl sites for hydroxylation is 2. The quantitative estimate of drug-likeness (QED) is 0.881. The molecule has 1 N–H and O–H groups in total. The molecule has 0 radical (unpaired) electrons. The Morgan fingerprint density at radius 1 is 1.24 bits per heavy atom. The zero-order valence-electron chi connectivity index (χ0n) is 13.6. The summed E-state index contributed by atoms with van der Waals surface area (Å²) in [4.78, 5) is 13.7. The van der Waals surface area contributed by atoms with E-state index in [9.17, 15) is 0 Å². The largest absolute Gasteiger partial charge is 0.370 e. The maximum absolute atomic E-state index is 4.76. The van der Waals surface area contributed by atoms with Crippen molar-refractivity contribution in [2.24, 2.45) is 0 Å². The first-order valence-corrected chi connectivity index (χ1v) is 7.71. The van der Waals surface area contributed by atoms with Crippen LogP contribution < -0.4 is 5.32 Å². The van der Waals surface area contributed by atoms with Crippen LogP contribution in [0.2, 0.25) is 0 Å². The number of hydrogen-bond donors (Lipinski definition) is 1. The van der Waals surface area contributed by atoms with Crippen molar-refractivity contribution in [1.29, 1.82) is 0 Å². The summed E-state index contributed by atoms with van der Waals surface area (Å²) in [5, 5.41) is 3.44. The monoisotopic (exact) mass is 287 g/mol. The lowest BCUT2D eigenvalue weighted by Crippen LogP contribution is -2.11. The van der Waals surface area contributed by atoms with E-state index in [0.29, 0.717) is 5.92 Å². The highest BCUT2D eigenvalue weighted by atomic mass is 15.1. The van der Waals surface area contributed by atoms with Gasteiger partial charge in [-0.25, -0.2) is 15.0 Å². The Morgan fingerprint density at radius 3 is 2.62 bits per heavy atom. The van der Waals surface area contributed by atoms with Crippen LogP contribution in [0.4, 0.5) is 5.82 Å². The molecule has 0 bridgehead atoms. The number of hydrogen-bond acceptors (Lipinski definition) is 4. The fraction of sp³-hybridized carbons (Fsp3) is 0.562. The smallest absolute Gasteiger partial charge is 0.180 e. The summed E-state index contributed by atoms with van der Waals surface area (Å²) >= 11 is 0. The second-order valence-corrected chi connectivity index (χ2v) is 5.54. The van der Waals surface area contributed by atoms with Gasteiger partial charge in [0.15, 0.2) is 5.82 Å². The fourth-order valence-electron chi connectivity index (χ4n) is 2.52. The molecule has 0 saturated carbocycles. The van der Waals surface area contributed by atoms with Gasteiger partial charge in [-0.3, -0.25) is 0 Å². The predicted molar refractivity (Wildman–Crippen MR) is 86.5 cm³/mol. The number of nitrogens with zero attached hydrogens (tertiary/aromatic N) is 4. The summed E-state index contributed by atoms with van der Waals surface area (Å²) in [5.74, 6) is 2.10. The lowest BCUT2D eigenvalue weighted by Gasteiger charge is -2.17. The molecule has 0 saturated heterocycles. The van der Waals surface area contributed by atoms with E-state index < -0.39 is 0 Å². The zero-order valence-corrected chi connectivity index (χ0v) is 13.6. The highest BCUT2D eigenvalue weighted by Gasteiger charge is 2.16. The Bertz CT molecular complexity index is 601. The summed E-state index contributed by atoms with van der Waals surface area (Å²) in [6.07, 6.45) is 4.73. The van der Waals surface area contributed by atoms with E-state index in [-0.39, 0.29) is 0 Å². The van der Waals surface area contributed by atoms with Crippen molar-refractivity contribution in [2.45, 2.75) is 53.5 Å². The van der Waals surface area contributed by atoms with E-state index in [1.54, 1.807) is 0 Å². The number of nitrogens with one attached hydrogen (secondary N) is 1. The van der Waals surface area contributed by atoms with Crippen LogP contribution in [-0.2, 0) is 6.54 Å². The summed E-state index contributed by atoms with van der Waals surface area (Å²) < 4.78 is 2.06. The molecule has 2 aromatic rings. The molecule has 5 nitrogen and oxygen atoms in total. The number of aromatic nitrogens is 4. The van der Waals surface area contributed by atoms with Crippen LogP contribution in [0.5, 0.6) is 0 Å². The van der Waals surface area contributed by atoms with Gasteiger partial charge in [-0.05, 0) is 26.2 Å². The van der Waals surface area contributed by atoms with Gasteiger partial charge in [0.05, 0.1) is 12.5 Å². The molecule has 2 rings (SSSR count). The van der Waals surface area contributed by atoms with Crippen LogP contribution in [0, 0.1) is 6.92 Å². The SMILES string of the molecule is CCCNc1nc(-c2cncn2CC)nc(C)c1C(C)C. The minimum Gasteiger partial charge on any atom is -0.370 e. The van der Waals surface area contributed by atoms with Crippen LogP contribution in [0.25, 0.3) is 11.5 Å². The van der Waals surface area contributed by atoms with Crippen LogP contribution in [0.3, 0.4) is 0 Å². The third kappa shape index (κ3) is 3.23. The number of rotatable bonds is 6. The van der Waals surface area contributed by atoms with Gasteiger partial charge in [-0.1, -0.05) is 20.8 Å². The minimum absolute atomic E-state index is 0.398. The molecule has 0 aliphatic heterocycles. The minimum atomic E-state index is 0.398. The Balaban J connectivity index is 2.51. The van der Waals surface area contributed by atoms with Gasteiger partial charge in [0.2, 0.25) is 0 Å². The highest BCUT2D eigenvalue weighted by Crippen LogP contribution is 2.28. The highest BCUT2D eigenvalue weighted by molar-refractivity contribution is 5.57. The average Bonchev–Trinajstić information content (AvgIpc) is 2.92. The summed E-state index contributed by atoms with van der Waals surface area (Å²) in [7, 11) is 0. The van der Waals surface area contributed by atoms with Gasteiger partial charge in [0.1, 0.15) is 11.5 Å². The van der Waals surface area contributed by atoms with Crippen LogP contribution in [0.1, 0.15) is 51.3 Å². The van der Waals surface area contributed by atoms with Gasteiger partial charge in [0.25, 0.3) is 0 Å². The van der Waals surface area contributed by atoms with E-state index in [1.807, 2.05) is 12.5 Å². The molecule has 5 heteroatoms. The lowest BCUT2D eigenvalue weighted by atomic mass is 10.0. The van der Waals surface area contributed by atoms with Crippen molar-refractivity contribution < 1.29 is 0 Å². The Kier molecular flexibility index (Phi) is 4.94. The number of imidazole rings is 1. The lowest BCUT2D eigenvalue weighted by molar-refractivity contribution is 0.760. The van der Waals surface area contributed by atoms with E-state index >= 15 is 0 Å². The topological polar surface area (TPSA) is 55.6 Å². The molecule has 0 aliphatic carbocycles. The van der Waals surface area contributed by atoms with Crippen LogP contribution in [0.15, 0.2) is 12.5 Å². The zero-order chi connectivity index (χ0) is 15.4.